The Morgan fingerprint density at radius 3 is 2.50 bits per heavy atom. The first-order chi connectivity index (χ1) is 8.83. The molecule has 1 aliphatic carbocycles. The SMILES string of the molecule is COc1ccc(CNC2CCCCC2OC)cc1. The predicted molar refractivity (Wildman–Crippen MR) is 72.9 cm³/mol. The lowest BCUT2D eigenvalue weighted by Gasteiger charge is -2.31. The van der Waals surface area contributed by atoms with Crippen molar-refractivity contribution in [2.75, 3.05) is 14.2 Å². The average molecular weight is 249 g/mol. The number of nitrogens with one attached hydrogen (secondary N) is 1. The topological polar surface area (TPSA) is 30.5 Å². The van der Waals surface area contributed by atoms with Crippen LogP contribution < -0.4 is 10.1 Å². The van der Waals surface area contributed by atoms with Gasteiger partial charge in [-0.2, -0.15) is 0 Å². The van der Waals surface area contributed by atoms with Crippen LogP contribution in [0.4, 0.5) is 0 Å². The van der Waals surface area contributed by atoms with Crippen LogP contribution in [0.25, 0.3) is 0 Å². The average Bonchev–Trinajstić information content (AvgIpc) is 2.46. The van der Waals surface area contributed by atoms with E-state index in [1.165, 1.54) is 31.2 Å². The quantitative estimate of drug-likeness (QED) is 0.870. The highest BCUT2D eigenvalue weighted by atomic mass is 16.5. The van der Waals surface area contributed by atoms with Crippen LogP contribution in [0.3, 0.4) is 0 Å². The molecule has 2 unspecified atom stereocenters. The molecule has 0 aromatic heterocycles. The van der Waals surface area contributed by atoms with Crippen LogP contribution in [0.2, 0.25) is 0 Å². The van der Waals surface area contributed by atoms with Crippen LogP contribution in [0.1, 0.15) is 31.2 Å². The van der Waals surface area contributed by atoms with Gasteiger partial charge >= 0.3 is 0 Å². The Balaban J connectivity index is 1.85. The molecule has 1 aromatic carbocycles. The lowest BCUT2D eigenvalue weighted by molar-refractivity contribution is 0.0413. The normalized spacial score (nSPS) is 23.9. The van der Waals surface area contributed by atoms with E-state index in [4.69, 9.17) is 9.47 Å². The fraction of sp³-hybridized carbons (Fsp3) is 0.600. The Labute approximate surface area is 109 Å². The van der Waals surface area contributed by atoms with Gasteiger partial charge < -0.3 is 14.8 Å². The van der Waals surface area contributed by atoms with E-state index in [0.29, 0.717) is 12.1 Å². The Bertz CT molecular complexity index is 350. The van der Waals surface area contributed by atoms with Crippen LogP contribution in [-0.2, 0) is 11.3 Å². The van der Waals surface area contributed by atoms with Crippen molar-refractivity contribution >= 4 is 0 Å². The number of methoxy groups -OCH3 is 2. The molecule has 18 heavy (non-hydrogen) atoms. The lowest BCUT2D eigenvalue weighted by Crippen LogP contribution is -2.42. The number of hydrogen-bond acceptors (Lipinski definition) is 3. The summed E-state index contributed by atoms with van der Waals surface area (Å²) in [6, 6.07) is 8.72. The van der Waals surface area contributed by atoms with E-state index in [-0.39, 0.29) is 0 Å². The molecule has 0 bridgehead atoms. The van der Waals surface area contributed by atoms with Gasteiger partial charge in [0.2, 0.25) is 0 Å². The smallest absolute Gasteiger partial charge is 0.118 e. The molecular formula is C15H23NO2. The van der Waals surface area contributed by atoms with Crippen molar-refractivity contribution in [3.05, 3.63) is 29.8 Å². The molecule has 0 amide bonds. The number of hydrogen-bond donors (Lipinski definition) is 1. The van der Waals surface area contributed by atoms with Gasteiger partial charge in [-0.3, -0.25) is 0 Å². The van der Waals surface area contributed by atoms with E-state index in [0.717, 1.165) is 12.3 Å². The van der Waals surface area contributed by atoms with Crippen molar-refractivity contribution in [2.24, 2.45) is 0 Å². The fourth-order valence-electron chi connectivity index (χ4n) is 2.60. The molecule has 0 heterocycles. The van der Waals surface area contributed by atoms with Gasteiger partial charge in [-0.1, -0.05) is 25.0 Å². The maximum Gasteiger partial charge on any atom is 0.118 e. The second-order valence-electron chi connectivity index (χ2n) is 4.89. The highest BCUT2D eigenvalue weighted by Crippen LogP contribution is 2.21. The molecular weight excluding hydrogens is 226 g/mol. The molecule has 1 N–H and O–H groups in total. The molecule has 2 rings (SSSR count). The minimum Gasteiger partial charge on any atom is -0.497 e. The van der Waals surface area contributed by atoms with Gasteiger partial charge in [0.15, 0.2) is 0 Å². The molecule has 0 saturated heterocycles. The van der Waals surface area contributed by atoms with E-state index in [9.17, 15) is 0 Å². The fourth-order valence-corrected chi connectivity index (χ4v) is 2.60. The molecule has 0 radical (unpaired) electrons. The number of rotatable bonds is 5. The maximum absolute atomic E-state index is 5.55. The summed E-state index contributed by atoms with van der Waals surface area (Å²) in [6.45, 7) is 0.897. The van der Waals surface area contributed by atoms with Crippen molar-refractivity contribution < 1.29 is 9.47 Å². The van der Waals surface area contributed by atoms with Crippen LogP contribution >= 0.6 is 0 Å². The van der Waals surface area contributed by atoms with Crippen LogP contribution in [-0.4, -0.2) is 26.4 Å². The Morgan fingerprint density at radius 2 is 1.83 bits per heavy atom. The first-order valence-corrected chi connectivity index (χ1v) is 6.72. The van der Waals surface area contributed by atoms with Crippen molar-refractivity contribution in [1.29, 1.82) is 0 Å². The summed E-state index contributed by atoms with van der Waals surface area (Å²) in [7, 11) is 3.51. The van der Waals surface area contributed by atoms with E-state index in [1.807, 2.05) is 19.2 Å². The van der Waals surface area contributed by atoms with Gasteiger partial charge in [-0.05, 0) is 30.5 Å². The van der Waals surface area contributed by atoms with Gasteiger partial charge in [-0.15, -0.1) is 0 Å². The third-order valence-corrected chi connectivity index (χ3v) is 3.73. The standard InChI is InChI=1S/C15H23NO2/c1-17-13-9-7-12(8-10-13)11-16-14-5-3-4-6-15(14)18-2/h7-10,14-16H,3-6,11H2,1-2H3. The van der Waals surface area contributed by atoms with Gasteiger partial charge in [0.1, 0.15) is 5.75 Å². The minimum absolute atomic E-state index is 0.372. The van der Waals surface area contributed by atoms with Crippen LogP contribution in [0.15, 0.2) is 24.3 Å². The highest BCUT2D eigenvalue weighted by Gasteiger charge is 2.23. The zero-order valence-corrected chi connectivity index (χ0v) is 11.3. The van der Waals surface area contributed by atoms with Crippen molar-refractivity contribution in [2.45, 2.75) is 44.4 Å². The minimum atomic E-state index is 0.372. The van der Waals surface area contributed by atoms with Crippen LogP contribution in [0.5, 0.6) is 5.75 Å². The van der Waals surface area contributed by atoms with Crippen molar-refractivity contribution in [3.8, 4) is 5.75 Å². The molecule has 3 heteroatoms. The Hall–Kier alpha value is -1.06. The molecule has 1 aliphatic rings. The van der Waals surface area contributed by atoms with E-state index in [2.05, 4.69) is 17.4 Å². The van der Waals surface area contributed by atoms with E-state index in [1.54, 1.807) is 7.11 Å². The largest absolute Gasteiger partial charge is 0.497 e. The molecule has 3 nitrogen and oxygen atoms in total. The molecule has 1 fully saturated rings. The summed E-state index contributed by atoms with van der Waals surface area (Å²) in [4.78, 5) is 0. The summed E-state index contributed by atoms with van der Waals surface area (Å²) < 4.78 is 10.7. The van der Waals surface area contributed by atoms with Gasteiger partial charge in [0, 0.05) is 19.7 Å². The second-order valence-corrected chi connectivity index (χ2v) is 4.89. The highest BCUT2D eigenvalue weighted by molar-refractivity contribution is 5.27. The molecule has 0 spiro atoms. The second kappa shape index (κ2) is 6.76. The first-order valence-electron chi connectivity index (χ1n) is 6.72. The number of benzene rings is 1. The van der Waals surface area contributed by atoms with E-state index < -0.39 is 0 Å². The van der Waals surface area contributed by atoms with Crippen molar-refractivity contribution in [3.63, 3.8) is 0 Å². The van der Waals surface area contributed by atoms with Gasteiger partial charge in [-0.25, -0.2) is 0 Å². The molecule has 2 atom stereocenters. The van der Waals surface area contributed by atoms with Crippen LogP contribution in [0, 0.1) is 0 Å². The molecule has 100 valence electrons. The van der Waals surface area contributed by atoms with Gasteiger partial charge in [0.25, 0.3) is 0 Å². The molecule has 0 aliphatic heterocycles. The molecule has 1 saturated carbocycles. The third kappa shape index (κ3) is 3.47. The summed E-state index contributed by atoms with van der Waals surface area (Å²) in [5.41, 5.74) is 1.29. The first kappa shape index (κ1) is 13.4. The Kier molecular flexibility index (Phi) is 5.02. The van der Waals surface area contributed by atoms with Crippen molar-refractivity contribution in [1.82, 2.24) is 5.32 Å². The third-order valence-electron chi connectivity index (χ3n) is 3.73. The summed E-state index contributed by atoms with van der Waals surface area (Å²) >= 11 is 0. The molecule has 1 aromatic rings. The summed E-state index contributed by atoms with van der Waals surface area (Å²) in [5, 5.41) is 3.61. The monoisotopic (exact) mass is 249 g/mol. The Morgan fingerprint density at radius 1 is 1.11 bits per heavy atom. The van der Waals surface area contributed by atoms with Gasteiger partial charge in [0.05, 0.1) is 13.2 Å². The van der Waals surface area contributed by atoms with E-state index >= 15 is 0 Å². The summed E-state index contributed by atoms with van der Waals surface area (Å²) in [6.07, 6.45) is 5.36. The lowest BCUT2D eigenvalue weighted by atomic mass is 9.92. The summed E-state index contributed by atoms with van der Waals surface area (Å²) in [5.74, 6) is 0.909. The maximum atomic E-state index is 5.55. The number of ether oxygens (including phenoxy) is 2. The zero-order valence-electron chi connectivity index (χ0n) is 11.3. The zero-order chi connectivity index (χ0) is 12.8. The predicted octanol–water partition coefficient (Wildman–Crippen LogP) is 2.74.